The van der Waals surface area contributed by atoms with Gasteiger partial charge in [0.05, 0.1) is 10.6 Å². The van der Waals surface area contributed by atoms with Gasteiger partial charge in [-0.15, -0.1) is 10.2 Å². The van der Waals surface area contributed by atoms with E-state index >= 15 is 0 Å². The fourth-order valence-electron chi connectivity index (χ4n) is 3.60. The Morgan fingerprint density at radius 1 is 1.00 bits per heavy atom. The maximum atomic E-state index is 12.5. The lowest BCUT2D eigenvalue weighted by Gasteiger charge is -2.17. The molecule has 0 bridgehead atoms. The molecule has 9 heteroatoms. The van der Waals surface area contributed by atoms with Gasteiger partial charge < -0.3 is 0 Å². The predicted octanol–water partition coefficient (Wildman–Crippen LogP) is 5.00. The van der Waals surface area contributed by atoms with Crippen LogP contribution in [0.4, 0.5) is 0 Å². The Kier molecular flexibility index (Phi) is 7.16. The molecule has 0 aliphatic carbocycles. The third-order valence-electron chi connectivity index (χ3n) is 5.40. The Balaban J connectivity index is 1.74. The minimum atomic E-state index is -3.50. The first-order valence-corrected chi connectivity index (χ1v) is 13.3. The SMILES string of the molecule is CC(C)c1ccccc1-n1c(SCc2cccc(S(=O)(=O)N(C)C)c2)nnc1-c1cccnc1. The Labute approximate surface area is 204 Å². The van der Waals surface area contributed by atoms with Crippen molar-refractivity contribution in [3.05, 3.63) is 84.2 Å². The van der Waals surface area contributed by atoms with Gasteiger partial charge in [-0.25, -0.2) is 12.7 Å². The first-order chi connectivity index (χ1) is 16.3. The zero-order valence-electron chi connectivity index (χ0n) is 19.6. The van der Waals surface area contributed by atoms with Crippen molar-refractivity contribution < 1.29 is 8.42 Å². The van der Waals surface area contributed by atoms with Gasteiger partial charge in [-0.05, 0) is 47.4 Å². The summed E-state index contributed by atoms with van der Waals surface area (Å²) in [5, 5.41) is 9.74. The van der Waals surface area contributed by atoms with Crippen molar-refractivity contribution in [3.8, 4) is 17.1 Å². The number of pyridine rings is 1. The normalized spacial score (nSPS) is 11.9. The van der Waals surface area contributed by atoms with Crippen LogP contribution in [0.25, 0.3) is 17.1 Å². The first kappa shape index (κ1) is 24.1. The van der Waals surface area contributed by atoms with Crippen LogP contribution in [0.1, 0.15) is 30.9 Å². The van der Waals surface area contributed by atoms with E-state index in [-0.39, 0.29) is 4.90 Å². The van der Waals surface area contributed by atoms with Crippen molar-refractivity contribution in [1.29, 1.82) is 0 Å². The second kappa shape index (κ2) is 10.1. The summed E-state index contributed by atoms with van der Waals surface area (Å²) in [6, 6.07) is 19.1. The minimum absolute atomic E-state index is 0.276. The average molecular weight is 494 g/mol. The van der Waals surface area contributed by atoms with Crippen LogP contribution >= 0.6 is 11.8 Å². The lowest BCUT2D eigenvalue weighted by molar-refractivity contribution is 0.520. The van der Waals surface area contributed by atoms with Crippen LogP contribution in [0, 0.1) is 0 Å². The molecule has 0 aliphatic rings. The molecule has 7 nitrogen and oxygen atoms in total. The van der Waals surface area contributed by atoms with Crippen LogP contribution in [0.15, 0.2) is 83.1 Å². The lowest BCUT2D eigenvalue weighted by Crippen LogP contribution is -2.22. The van der Waals surface area contributed by atoms with Gasteiger partial charge in [-0.1, -0.05) is 55.9 Å². The average Bonchev–Trinajstić information content (AvgIpc) is 3.27. The second-order valence-electron chi connectivity index (χ2n) is 8.32. The Morgan fingerprint density at radius 2 is 1.79 bits per heavy atom. The molecule has 0 amide bonds. The Bertz CT molecular complexity index is 1380. The number of thioether (sulfide) groups is 1. The maximum Gasteiger partial charge on any atom is 0.242 e. The van der Waals surface area contributed by atoms with Crippen molar-refractivity contribution in [2.45, 2.75) is 35.6 Å². The van der Waals surface area contributed by atoms with Gasteiger partial charge in [0.1, 0.15) is 0 Å². The molecule has 2 aromatic heterocycles. The summed E-state index contributed by atoms with van der Waals surface area (Å²) in [5.41, 5.74) is 3.98. The number of para-hydroxylation sites is 1. The van der Waals surface area contributed by atoms with E-state index in [1.165, 1.54) is 35.7 Å². The van der Waals surface area contributed by atoms with Gasteiger partial charge in [-0.3, -0.25) is 9.55 Å². The first-order valence-electron chi connectivity index (χ1n) is 10.9. The molecule has 0 saturated heterocycles. The molecule has 0 N–H and O–H groups in total. The van der Waals surface area contributed by atoms with Crippen LogP contribution < -0.4 is 0 Å². The summed E-state index contributed by atoms with van der Waals surface area (Å²) in [6.07, 6.45) is 3.51. The van der Waals surface area contributed by atoms with Crippen LogP contribution in [0.2, 0.25) is 0 Å². The molecule has 0 saturated carbocycles. The molecule has 0 radical (unpaired) electrons. The Hall–Kier alpha value is -3.01. The molecular weight excluding hydrogens is 466 g/mol. The van der Waals surface area contributed by atoms with E-state index in [0.717, 1.165) is 22.0 Å². The molecule has 0 atom stereocenters. The molecule has 0 spiro atoms. The van der Waals surface area contributed by atoms with Crippen LogP contribution in [0.5, 0.6) is 0 Å². The monoisotopic (exact) mass is 493 g/mol. The van der Waals surface area contributed by atoms with E-state index < -0.39 is 10.0 Å². The quantitative estimate of drug-likeness (QED) is 0.322. The predicted molar refractivity (Wildman–Crippen MR) is 136 cm³/mol. The van der Waals surface area contributed by atoms with E-state index in [1.807, 2.05) is 30.3 Å². The smallest absolute Gasteiger partial charge is 0.242 e. The summed E-state index contributed by atoms with van der Waals surface area (Å²) in [7, 11) is -0.430. The van der Waals surface area contributed by atoms with Crippen LogP contribution in [-0.2, 0) is 15.8 Å². The topological polar surface area (TPSA) is 81.0 Å². The van der Waals surface area contributed by atoms with Gasteiger partial charge in [0.15, 0.2) is 11.0 Å². The van der Waals surface area contributed by atoms with Crippen molar-refractivity contribution in [1.82, 2.24) is 24.1 Å². The third kappa shape index (κ3) is 4.91. The molecule has 2 aromatic carbocycles. The van der Waals surface area contributed by atoms with E-state index in [2.05, 4.69) is 45.7 Å². The number of benzene rings is 2. The number of hydrogen-bond donors (Lipinski definition) is 0. The van der Waals surface area contributed by atoms with E-state index in [1.54, 1.807) is 30.6 Å². The number of hydrogen-bond acceptors (Lipinski definition) is 6. The van der Waals surface area contributed by atoms with Gasteiger partial charge in [0.25, 0.3) is 0 Å². The summed E-state index contributed by atoms with van der Waals surface area (Å²) in [4.78, 5) is 4.53. The van der Waals surface area contributed by atoms with Crippen LogP contribution in [0.3, 0.4) is 0 Å². The molecule has 176 valence electrons. The lowest BCUT2D eigenvalue weighted by atomic mass is 10.0. The molecule has 34 heavy (non-hydrogen) atoms. The maximum absolute atomic E-state index is 12.5. The minimum Gasteiger partial charge on any atom is -0.270 e. The standard InChI is InChI=1S/C25H27N5O2S2/c1-18(2)22-12-5-6-13-23(22)30-24(20-10-8-14-26-16-20)27-28-25(30)33-17-19-9-7-11-21(15-19)34(31,32)29(3)4/h5-16,18H,17H2,1-4H3. The molecule has 2 heterocycles. The van der Waals surface area contributed by atoms with Crippen molar-refractivity contribution in [2.24, 2.45) is 0 Å². The highest BCUT2D eigenvalue weighted by Crippen LogP contribution is 2.33. The highest BCUT2D eigenvalue weighted by Gasteiger charge is 2.21. The van der Waals surface area contributed by atoms with Crippen LogP contribution in [-0.4, -0.2) is 46.6 Å². The van der Waals surface area contributed by atoms with E-state index in [4.69, 9.17) is 0 Å². The highest BCUT2D eigenvalue weighted by molar-refractivity contribution is 7.98. The Morgan fingerprint density at radius 3 is 2.50 bits per heavy atom. The fraction of sp³-hybridized carbons (Fsp3) is 0.240. The van der Waals surface area contributed by atoms with Gasteiger partial charge in [-0.2, -0.15) is 0 Å². The van der Waals surface area contributed by atoms with Crippen molar-refractivity contribution >= 4 is 21.8 Å². The molecule has 0 fully saturated rings. The zero-order chi connectivity index (χ0) is 24.3. The van der Waals surface area contributed by atoms with Gasteiger partial charge in [0, 0.05) is 37.8 Å². The van der Waals surface area contributed by atoms with Gasteiger partial charge in [0.2, 0.25) is 10.0 Å². The number of rotatable bonds is 8. The molecule has 0 unspecified atom stereocenters. The summed E-state index contributed by atoms with van der Waals surface area (Å²) in [5.74, 6) is 1.57. The van der Waals surface area contributed by atoms with E-state index in [9.17, 15) is 8.42 Å². The summed E-state index contributed by atoms with van der Waals surface area (Å²) in [6.45, 7) is 4.33. The van der Waals surface area contributed by atoms with Crippen molar-refractivity contribution in [3.63, 3.8) is 0 Å². The number of sulfonamides is 1. The zero-order valence-corrected chi connectivity index (χ0v) is 21.2. The second-order valence-corrected chi connectivity index (χ2v) is 11.4. The fourth-order valence-corrected chi connectivity index (χ4v) is 5.46. The largest absolute Gasteiger partial charge is 0.270 e. The molecule has 0 aliphatic heterocycles. The van der Waals surface area contributed by atoms with Crippen molar-refractivity contribution in [2.75, 3.05) is 14.1 Å². The summed E-state index contributed by atoms with van der Waals surface area (Å²) >= 11 is 1.52. The molecule has 4 rings (SSSR count). The number of aromatic nitrogens is 4. The molecular formula is C25H27N5O2S2. The third-order valence-corrected chi connectivity index (χ3v) is 8.21. The number of nitrogens with zero attached hydrogens (tertiary/aromatic N) is 5. The summed E-state index contributed by atoms with van der Waals surface area (Å²) < 4.78 is 28.4. The van der Waals surface area contributed by atoms with Gasteiger partial charge >= 0.3 is 0 Å². The highest BCUT2D eigenvalue weighted by atomic mass is 32.2. The molecule has 4 aromatic rings. The van der Waals surface area contributed by atoms with E-state index in [0.29, 0.717) is 17.5 Å².